The second-order valence-electron chi connectivity index (χ2n) is 6.22. The van der Waals surface area contributed by atoms with Crippen LogP contribution in [0.15, 0.2) is 89.3 Å². The van der Waals surface area contributed by atoms with Crippen LogP contribution >= 0.6 is 0 Å². The SMILES string of the molecule is COc1ccccc1CNC(c1ccccc1)c1cc2ccccc2o1. The number of fused-ring (bicyclic) bond motifs is 1. The van der Waals surface area contributed by atoms with E-state index < -0.39 is 0 Å². The van der Waals surface area contributed by atoms with E-state index in [0.29, 0.717) is 6.54 Å². The van der Waals surface area contributed by atoms with E-state index in [1.807, 2.05) is 42.5 Å². The lowest BCUT2D eigenvalue weighted by Crippen LogP contribution is -2.21. The molecule has 1 aromatic heterocycles. The van der Waals surface area contributed by atoms with Gasteiger partial charge in [0.15, 0.2) is 0 Å². The van der Waals surface area contributed by atoms with E-state index in [1.54, 1.807) is 7.11 Å². The van der Waals surface area contributed by atoms with Gasteiger partial charge in [-0.25, -0.2) is 0 Å². The van der Waals surface area contributed by atoms with E-state index in [2.05, 4.69) is 47.8 Å². The van der Waals surface area contributed by atoms with E-state index in [-0.39, 0.29) is 6.04 Å². The van der Waals surface area contributed by atoms with Crippen LogP contribution in [-0.4, -0.2) is 7.11 Å². The minimum Gasteiger partial charge on any atom is -0.496 e. The summed E-state index contributed by atoms with van der Waals surface area (Å²) in [7, 11) is 1.70. The molecule has 26 heavy (non-hydrogen) atoms. The highest BCUT2D eigenvalue weighted by molar-refractivity contribution is 5.78. The van der Waals surface area contributed by atoms with Crippen LogP contribution < -0.4 is 10.1 Å². The third-order valence-electron chi connectivity index (χ3n) is 4.55. The summed E-state index contributed by atoms with van der Waals surface area (Å²) in [6.07, 6.45) is 0. The van der Waals surface area contributed by atoms with Crippen LogP contribution in [0.1, 0.15) is 22.9 Å². The first kappa shape index (κ1) is 16.4. The highest BCUT2D eigenvalue weighted by atomic mass is 16.5. The second kappa shape index (κ2) is 7.46. The zero-order valence-electron chi connectivity index (χ0n) is 14.7. The molecule has 0 spiro atoms. The molecule has 0 saturated heterocycles. The van der Waals surface area contributed by atoms with Gasteiger partial charge in [0.05, 0.1) is 13.2 Å². The van der Waals surface area contributed by atoms with Gasteiger partial charge >= 0.3 is 0 Å². The number of hydrogen-bond donors (Lipinski definition) is 1. The maximum Gasteiger partial charge on any atom is 0.134 e. The predicted octanol–water partition coefficient (Wildman–Crippen LogP) is 5.32. The van der Waals surface area contributed by atoms with Crippen LogP contribution in [0.2, 0.25) is 0 Å². The predicted molar refractivity (Wildman–Crippen MR) is 104 cm³/mol. The Balaban J connectivity index is 1.67. The van der Waals surface area contributed by atoms with Gasteiger partial charge in [-0.3, -0.25) is 5.32 Å². The first-order valence-electron chi connectivity index (χ1n) is 8.74. The molecule has 0 saturated carbocycles. The summed E-state index contributed by atoms with van der Waals surface area (Å²) in [5, 5.41) is 4.74. The van der Waals surface area contributed by atoms with Crippen LogP contribution in [-0.2, 0) is 6.54 Å². The highest BCUT2D eigenvalue weighted by Crippen LogP contribution is 2.29. The zero-order chi connectivity index (χ0) is 17.8. The molecule has 0 bridgehead atoms. The molecule has 1 N–H and O–H groups in total. The van der Waals surface area contributed by atoms with E-state index in [1.165, 1.54) is 5.56 Å². The Labute approximate surface area is 153 Å². The van der Waals surface area contributed by atoms with E-state index in [9.17, 15) is 0 Å². The number of rotatable bonds is 6. The number of hydrogen-bond acceptors (Lipinski definition) is 3. The smallest absolute Gasteiger partial charge is 0.134 e. The zero-order valence-corrected chi connectivity index (χ0v) is 14.7. The number of nitrogens with one attached hydrogen (secondary N) is 1. The number of furan rings is 1. The summed E-state index contributed by atoms with van der Waals surface area (Å²) in [6, 6.07) is 28.6. The van der Waals surface area contributed by atoms with Crippen molar-refractivity contribution in [3.05, 3.63) is 102 Å². The molecular formula is C23H21NO2. The van der Waals surface area contributed by atoms with Crippen molar-refractivity contribution < 1.29 is 9.15 Å². The van der Waals surface area contributed by atoms with Gasteiger partial charge < -0.3 is 9.15 Å². The minimum atomic E-state index is -0.0338. The molecule has 4 rings (SSSR count). The Morgan fingerprint density at radius 3 is 2.42 bits per heavy atom. The standard InChI is InChI=1S/C23H21NO2/c1-25-20-13-7-6-12-19(20)16-24-23(17-9-3-2-4-10-17)22-15-18-11-5-8-14-21(18)26-22/h2-15,23-24H,16H2,1H3. The van der Waals surface area contributed by atoms with Crippen LogP contribution in [0.5, 0.6) is 5.75 Å². The molecule has 0 radical (unpaired) electrons. The van der Waals surface area contributed by atoms with Gasteiger partial charge in [0, 0.05) is 17.5 Å². The average Bonchev–Trinajstić information content (AvgIpc) is 3.13. The number of benzene rings is 3. The third kappa shape index (κ3) is 3.35. The summed E-state index contributed by atoms with van der Waals surface area (Å²) in [5.41, 5.74) is 3.19. The molecule has 1 unspecified atom stereocenters. The van der Waals surface area contributed by atoms with Gasteiger partial charge in [0.2, 0.25) is 0 Å². The van der Waals surface area contributed by atoms with Crippen LogP contribution in [0, 0.1) is 0 Å². The van der Waals surface area contributed by atoms with Crippen molar-refractivity contribution in [2.75, 3.05) is 7.11 Å². The van der Waals surface area contributed by atoms with Crippen LogP contribution in [0.25, 0.3) is 11.0 Å². The quantitative estimate of drug-likeness (QED) is 0.514. The molecule has 3 nitrogen and oxygen atoms in total. The molecule has 0 aliphatic carbocycles. The van der Waals surface area contributed by atoms with Crippen molar-refractivity contribution >= 4 is 11.0 Å². The summed E-state index contributed by atoms with van der Waals surface area (Å²) in [5.74, 6) is 1.80. The van der Waals surface area contributed by atoms with Crippen molar-refractivity contribution in [2.45, 2.75) is 12.6 Å². The fourth-order valence-electron chi connectivity index (χ4n) is 3.23. The lowest BCUT2D eigenvalue weighted by Gasteiger charge is -2.18. The van der Waals surface area contributed by atoms with Crippen molar-refractivity contribution in [3.8, 4) is 5.75 Å². The van der Waals surface area contributed by atoms with Gasteiger partial charge in [-0.1, -0.05) is 66.7 Å². The molecule has 0 amide bonds. The summed E-state index contributed by atoms with van der Waals surface area (Å²) in [6.45, 7) is 0.681. The van der Waals surface area contributed by atoms with Crippen molar-refractivity contribution in [1.82, 2.24) is 5.32 Å². The maximum absolute atomic E-state index is 6.14. The van der Waals surface area contributed by atoms with E-state index >= 15 is 0 Å². The minimum absolute atomic E-state index is 0.0338. The highest BCUT2D eigenvalue weighted by Gasteiger charge is 2.18. The van der Waals surface area contributed by atoms with Gasteiger partial charge in [0.25, 0.3) is 0 Å². The monoisotopic (exact) mass is 343 g/mol. The molecular weight excluding hydrogens is 322 g/mol. The lowest BCUT2D eigenvalue weighted by molar-refractivity contribution is 0.404. The van der Waals surface area contributed by atoms with Gasteiger partial charge in [0.1, 0.15) is 17.1 Å². The number of methoxy groups -OCH3 is 1. The maximum atomic E-state index is 6.14. The van der Waals surface area contributed by atoms with Gasteiger partial charge in [-0.05, 0) is 23.8 Å². The fourth-order valence-corrected chi connectivity index (χ4v) is 3.23. The molecule has 1 heterocycles. The molecule has 4 aromatic rings. The van der Waals surface area contributed by atoms with Gasteiger partial charge in [-0.15, -0.1) is 0 Å². The number of para-hydroxylation sites is 2. The Hall–Kier alpha value is -3.04. The van der Waals surface area contributed by atoms with E-state index in [4.69, 9.17) is 9.15 Å². The fraction of sp³-hybridized carbons (Fsp3) is 0.130. The number of ether oxygens (including phenoxy) is 1. The largest absolute Gasteiger partial charge is 0.496 e. The topological polar surface area (TPSA) is 34.4 Å². The summed E-state index contributed by atoms with van der Waals surface area (Å²) < 4.78 is 11.6. The molecule has 130 valence electrons. The molecule has 3 aromatic carbocycles. The normalized spacial score (nSPS) is 12.2. The van der Waals surface area contributed by atoms with Crippen LogP contribution in [0.3, 0.4) is 0 Å². The molecule has 0 fully saturated rings. The molecule has 3 heteroatoms. The summed E-state index contributed by atoms with van der Waals surface area (Å²) in [4.78, 5) is 0. The Kier molecular flexibility index (Phi) is 4.71. The van der Waals surface area contributed by atoms with Gasteiger partial charge in [-0.2, -0.15) is 0 Å². The molecule has 0 aliphatic rings. The van der Waals surface area contributed by atoms with Crippen LogP contribution in [0.4, 0.5) is 0 Å². The lowest BCUT2D eigenvalue weighted by atomic mass is 10.0. The Morgan fingerprint density at radius 1 is 0.885 bits per heavy atom. The third-order valence-corrected chi connectivity index (χ3v) is 4.55. The van der Waals surface area contributed by atoms with Crippen molar-refractivity contribution in [3.63, 3.8) is 0 Å². The van der Waals surface area contributed by atoms with E-state index in [0.717, 1.165) is 28.0 Å². The van der Waals surface area contributed by atoms with Crippen molar-refractivity contribution in [1.29, 1.82) is 0 Å². The average molecular weight is 343 g/mol. The first-order chi connectivity index (χ1) is 12.8. The Morgan fingerprint density at radius 2 is 1.62 bits per heavy atom. The second-order valence-corrected chi connectivity index (χ2v) is 6.22. The molecule has 0 aliphatic heterocycles. The molecule has 1 atom stereocenters. The Bertz CT molecular complexity index is 958. The van der Waals surface area contributed by atoms with Crippen molar-refractivity contribution in [2.24, 2.45) is 0 Å². The summed E-state index contributed by atoms with van der Waals surface area (Å²) >= 11 is 0. The first-order valence-corrected chi connectivity index (χ1v) is 8.74.